The minimum Gasteiger partial charge on any atom is -0.264 e. The number of rotatable bonds is 2. The Kier molecular flexibility index (Phi) is 2.44. The Hall–Kier alpha value is -1.06. The normalized spacial score (nSPS) is 18.9. The summed E-state index contributed by atoms with van der Waals surface area (Å²) in [4.78, 5) is 3.53. The molecule has 1 aromatic rings. The van der Waals surface area contributed by atoms with E-state index in [2.05, 4.69) is 11.9 Å². The van der Waals surface area contributed by atoms with Crippen LogP contribution in [0.25, 0.3) is 0 Å². The summed E-state index contributed by atoms with van der Waals surface area (Å²) in [5.74, 6) is 0.0538. The fourth-order valence-corrected chi connectivity index (χ4v) is 1.72. The van der Waals surface area contributed by atoms with E-state index in [1.165, 1.54) is 12.3 Å². The number of hydrogen-bond donors (Lipinski definition) is 0. The van der Waals surface area contributed by atoms with Crippen LogP contribution in [0.4, 0.5) is 13.2 Å². The Morgan fingerprint density at radius 3 is 2.60 bits per heavy atom. The number of alkyl halides is 3. The van der Waals surface area contributed by atoms with Crippen LogP contribution in [-0.4, -0.2) is 4.98 Å². The highest BCUT2D eigenvalue weighted by Gasteiger charge is 2.38. The molecule has 1 unspecified atom stereocenters. The quantitative estimate of drug-likeness (QED) is 0.735. The maximum absolute atomic E-state index is 12.6. The van der Waals surface area contributed by atoms with Crippen molar-refractivity contribution in [2.24, 2.45) is 5.92 Å². The van der Waals surface area contributed by atoms with E-state index in [1.54, 1.807) is 0 Å². The van der Waals surface area contributed by atoms with Gasteiger partial charge in [0.1, 0.15) is 0 Å². The van der Waals surface area contributed by atoms with Gasteiger partial charge < -0.3 is 0 Å². The highest BCUT2D eigenvalue weighted by molar-refractivity contribution is 5.31. The van der Waals surface area contributed by atoms with Gasteiger partial charge in [-0.1, -0.05) is 0 Å². The molecule has 81 valence electrons. The predicted molar refractivity (Wildman–Crippen MR) is 50.1 cm³/mol. The number of halogens is 3. The topological polar surface area (TPSA) is 12.9 Å². The van der Waals surface area contributed by atoms with Gasteiger partial charge in [-0.15, -0.1) is 0 Å². The Bertz CT molecular complexity index is 355. The molecule has 1 atom stereocenters. The standard InChI is InChI=1S/C11H11F3N/c1-7(8-2-3-8)9-4-5-15-6-10(9)11(12,13)14/h4-8H,1-3H2. The van der Waals surface area contributed by atoms with Crippen LogP contribution in [0.3, 0.4) is 0 Å². The van der Waals surface area contributed by atoms with Gasteiger partial charge in [0, 0.05) is 12.4 Å². The number of hydrogen-bond acceptors (Lipinski definition) is 1. The van der Waals surface area contributed by atoms with Crippen LogP contribution in [0.5, 0.6) is 0 Å². The number of nitrogens with zero attached hydrogens (tertiary/aromatic N) is 1. The van der Waals surface area contributed by atoms with Gasteiger partial charge in [-0.3, -0.25) is 4.98 Å². The molecule has 1 heterocycles. The van der Waals surface area contributed by atoms with Gasteiger partial charge in [0.2, 0.25) is 0 Å². The van der Waals surface area contributed by atoms with E-state index in [0.717, 1.165) is 19.0 Å². The predicted octanol–water partition coefficient (Wildman–Crippen LogP) is 3.43. The van der Waals surface area contributed by atoms with Crippen LogP contribution in [0.15, 0.2) is 18.5 Å². The molecule has 15 heavy (non-hydrogen) atoms. The maximum Gasteiger partial charge on any atom is 0.418 e. The van der Waals surface area contributed by atoms with Crippen LogP contribution in [0.2, 0.25) is 0 Å². The summed E-state index contributed by atoms with van der Waals surface area (Å²) in [7, 11) is 0. The van der Waals surface area contributed by atoms with Crippen LogP contribution in [0, 0.1) is 12.8 Å². The molecule has 0 bridgehead atoms. The summed E-state index contributed by atoms with van der Waals surface area (Å²) >= 11 is 0. The molecule has 4 heteroatoms. The fraction of sp³-hybridized carbons (Fsp3) is 0.455. The molecular weight excluding hydrogens is 203 g/mol. The van der Waals surface area contributed by atoms with Crippen LogP contribution in [0.1, 0.15) is 29.9 Å². The van der Waals surface area contributed by atoms with Crippen molar-refractivity contribution in [3.63, 3.8) is 0 Å². The summed E-state index contributed by atoms with van der Waals surface area (Å²) < 4.78 is 37.9. The van der Waals surface area contributed by atoms with E-state index in [-0.39, 0.29) is 11.5 Å². The average Bonchev–Trinajstić information content (AvgIpc) is 2.98. The summed E-state index contributed by atoms with van der Waals surface area (Å²) in [6.45, 7) is 3.82. The fourth-order valence-electron chi connectivity index (χ4n) is 1.72. The molecule has 1 aromatic heterocycles. The highest BCUT2D eigenvalue weighted by atomic mass is 19.4. The molecule has 1 saturated carbocycles. The largest absolute Gasteiger partial charge is 0.418 e. The monoisotopic (exact) mass is 214 g/mol. The third-order valence-electron chi connectivity index (χ3n) is 2.75. The van der Waals surface area contributed by atoms with Crippen molar-refractivity contribution >= 4 is 0 Å². The summed E-state index contributed by atoms with van der Waals surface area (Å²) in [6, 6.07) is 1.43. The van der Waals surface area contributed by atoms with Gasteiger partial charge in [-0.05, 0) is 43.2 Å². The Morgan fingerprint density at radius 1 is 1.40 bits per heavy atom. The first kappa shape index (κ1) is 10.5. The van der Waals surface area contributed by atoms with Crippen molar-refractivity contribution in [1.29, 1.82) is 0 Å². The van der Waals surface area contributed by atoms with E-state index < -0.39 is 11.7 Å². The average molecular weight is 214 g/mol. The zero-order chi connectivity index (χ0) is 11.1. The van der Waals surface area contributed by atoms with Crippen LogP contribution >= 0.6 is 0 Å². The SMILES string of the molecule is [CH2]C(c1ccncc1C(F)(F)F)C1CC1. The second-order valence-corrected chi connectivity index (χ2v) is 3.90. The molecule has 0 N–H and O–H groups in total. The van der Waals surface area contributed by atoms with Crippen molar-refractivity contribution in [3.05, 3.63) is 36.5 Å². The molecule has 2 rings (SSSR count). The molecule has 0 saturated heterocycles. The number of aromatic nitrogens is 1. The first-order valence-corrected chi connectivity index (χ1v) is 4.84. The smallest absolute Gasteiger partial charge is 0.264 e. The Morgan fingerprint density at radius 2 is 2.07 bits per heavy atom. The van der Waals surface area contributed by atoms with Crippen molar-refractivity contribution in [3.8, 4) is 0 Å². The zero-order valence-electron chi connectivity index (χ0n) is 8.09. The third kappa shape index (κ3) is 2.13. The first-order valence-electron chi connectivity index (χ1n) is 4.84. The van der Waals surface area contributed by atoms with E-state index in [1.807, 2.05) is 0 Å². The van der Waals surface area contributed by atoms with Gasteiger partial charge >= 0.3 is 6.18 Å². The molecule has 1 aliphatic carbocycles. The molecule has 0 aromatic carbocycles. The van der Waals surface area contributed by atoms with Crippen molar-refractivity contribution in [2.45, 2.75) is 24.9 Å². The molecule has 0 aliphatic heterocycles. The lowest BCUT2D eigenvalue weighted by molar-refractivity contribution is -0.138. The summed E-state index contributed by atoms with van der Waals surface area (Å²) in [5, 5.41) is 0. The highest BCUT2D eigenvalue weighted by Crippen LogP contribution is 2.45. The minimum atomic E-state index is -4.32. The van der Waals surface area contributed by atoms with E-state index in [4.69, 9.17) is 0 Å². The lowest BCUT2D eigenvalue weighted by atomic mass is 9.93. The Balaban J connectivity index is 2.37. The van der Waals surface area contributed by atoms with E-state index in [0.29, 0.717) is 5.92 Å². The Labute approximate surface area is 86.3 Å². The van der Waals surface area contributed by atoms with E-state index in [9.17, 15) is 13.2 Å². The third-order valence-corrected chi connectivity index (χ3v) is 2.75. The van der Waals surface area contributed by atoms with Crippen molar-refractivity contribution in [1.82, 2.24) is 4.98 Å². The summed E-state index contributed by atoms with van der Waals surface area (Å²) in [5.41, 5.74) is -0.364. The second-order valence-electron chi connectivity index (χ2n) is 3.90. The lowest BCUT2D eigenvalue weighted by Crippen LogP contribution is -2.12. The van der Waals surface area contributed by atoms with Crippen molar-refractivity contribution < 1.29 is 13.2 Å². The molecular formula is C11H11F3N. The molecule has 1 nitrogen and oxygen atoms in total. The van der Waals surface area contributed by atoms with Gasteiger partial charge in [-0.2, -0.15) is 13.2 Å². The second kappa shape index (κ2) is 3.51. The van der Waals surface area contributed by atoms with Crippen LogP contribution in [-0.2, 0) is 6.18 Å². The zero-order valence-corrected chi connectivity index (χ0v) is 8.09. The lowest BCUT2D eigenvalue weighted by Gasteiger charge is -2.16. The van der Waals surface area contributed by atoms with E-state index >= 15 is 0 Å². The molecule has 1 fully saturated rings. The molecule has 1 radical (unpaired) electrons. The number of pyridine rings is 1. The van der Waals surface area contributed by atoms with Gasteiger partial charge in [0.15, 0.2) is 0 Å². The molecule has 1 aliphatic rings. The molecule has 0 spiro atoms. The van der Waals surface area contributed by atoms with Crippen LogP contribution < -0.4 is 0 Å². The minimum absolute atomic E-state index is 0.260. The first-order chi connectivity index (χ1) is 7.00. The van der Waals surface area contributed by atoms with Gasteiger partial charge in [0.05, 0.1) is 5.56 Å². The maximum atomic E-state index is 12.6. The van der Waals surface area contributed by atoms with Gasteiger partial charge in [0.25, 0.3) is 0 Å². The summed E-state index contributed by atoms with van der Waals surface area (Å²) in [6.07, 6.45) is -0.0863. The molecule has 0 amide bonds. The van der Waals surface area contributed by atoms with Crippen molar-refractivity contribution in [2.75, 3.05) is 0 Å². The van der Waals surface area contributed by atoms with Gasteiger partial charge in [-0.25, -0.2) is 0 Å².